The van der Waals surface area contributed by atoms with Crippen LogP contribution < -0.4 is 10.6 Å². The quantitative estimate of drug-likeness (QED) is 0.733. The maximum absolute atomic E-state index is 12.3. The van der Waals surface area contributed by atoms with Gasteiger partial charge in [0.05, 0.1) is 18.7 Å². The number of ether oxygens (including phenoxy) is 1. The van der Waals surface area contributed by atoms with Crippen LogP contribution >= 0.6 is 24.0 Å². The number of hydrogen-bond acceptors (Lipinski definition) is 3. The number of amides is 1. The Balaban J connectivity index is 0.00000264. The van der Waals surface area contributed by atoms with Gasteiger partial charge in [0.15, 0.2) is 0 Å². The summed E-state index contributed by atoms with van der Waals surface area (Å²) in [6.45, 7) is 1.60. The lowest BCUT2D eigenvalue weighted by molar-refractivity contribution is -0.122. The molecule has 0 heterocycles. The summed E-state index contributed by atoms with van der Waals surface area (Å²) in [7, 11) is 1.65. The summed E-state index contributed by atoms with van der Waals surface area (Å²) in [5.41, 5.74) is 0.907. The van der Waals surface area contributed by atoms with E-state index in [4.69, 9.17) is 16.3 Å². The van der Waals surface area contributed by atoms with Crippen molar-refractivity contribution in [1.82, 2.24) is 10.6 Å². The standard InChI is InChI=1S/C17H25ClN2O2.ClH/c1-22-12-11-19-13-16(21)20-17(9-3-2-4-10-17)14-5-7-15(18)8-6-14;/h5-8,19H,2-4,9-13H2,1H3,(H,20,21);1H. The minimum Gasteiger partial charge on any atom is -0.383 e. The molecule has 0 bridgehead atoms. The molecule has 0 atom stereocenters. The second-order valence-electron chi connectivity index (χ2n) is 5.87. The summed E-state index contributed by atoms with van der Waals surface area (Å²) in [4.78, 5) is 12.3. The summed E-state index contributed by atoms with van der Waals surface area (Å²) < 4.78 is 4.97. The SMILES string of the molecule is COCCNCC(=O)NC1(c2ccc(Cl)cc2)CCCCC1.Cl. The lowest BCUT2D eigenvalue weighted by Crippen LogP contribution is -2.50. The second-order valence-corrected chi connectivity index (χ2v) is 6.30. The molecule has 1 fully saturated rings. The van der Waals surface area contributed by atoms with Crippen LogP contribution in [0.3, 0.4) is 0 Å². The molecule has 1 amide bonds. The van der Waals surface area contributed by atoms with E-state index in [2.05, 4.69) is 10.6 Å². The van der Waals surface area contributed by atoms with Gasteiger partial charge < -0.3 is 15.4 Å². The number of nitrogens with one attached hydrogen (secondary N) is 2. The van der Waals surface area contributed by atoms with Gasteiger partial charge in [-0.3, -0.25) is 4.79 Å². The first kappa shape index (κ1) is 20.2. The first-order valence-electron chi connectivity index (χ1n) is 7.93. The van der Waals surface area contributed by atoms with E-state index in [1.165, 1.54) is 6.42 Å². The van der Waals surface area contributed by atoms with Crippen LogP contribution in [-0.2, 0) is 15.1 Å². The lowest BCUT2D eigenvalue weighted by Gasteiger charge is -2.39. The third kappa shape index (κ3) is 5.96. The Morgan fingerprint density at radius 1 is 1.22 bits per heavy atom. The number of carbonyl (C=O) groups excluding carboxylic acids is 1. The normalized spacial score (nSPS) is 16.4. The van der Waals surface area contributed by atoms with E-state index >= 15 is 0 Å². The van der Waals surface area contributed by atoms with Crippen molar-refractivity contribution in [2.75, 3.05) is 26.8 Å². The van der Waals surface area contributed by atoms with Gasteiger partial charge in [-0.25, -0.2) is 0 Å². The van der Waals surface area contributed by atoms with Gasteiger partial charge in [-0.15, -0.1) is 12.4 Å². The van der Waals surface area contributed by atoms with Crippen molar-refractivity contribution in [2.45, 2.75) is 37.6 Å². The molecule has 0 aromatic heterocycles. The van der Waals surface area contributed by atoms with Gasteiger partial charge in [0, 0.05) is 18.7 Å². The van der Waals surface area contributed by atoms with Gasteiger partial charge >= 0.3 is 0 Å². The Bertz CT molecular complexity index is 474. The van der Waals surface area contributed by atoms with Crippen LogP contribution in [0.15, 0.2) is 24.3 Å². The highest BCUT2D eigenvalue weighted by Gasteiger charge is 2.35. The van der Waals surface area contributed by atoms with Gasteiger partial charge in [-0.05, 0) is 30.5 Å². The predicted octanol–water partition coefficient (Wildman–Crippen LogP) is 3.27. The minimum atomic E-state index is -0.247. The smallest absolute Gasteiger partial charge is 0.234 e. The highest BCUT2D eigenvalue weighted by Crippen LogP contribution is 2.37. The highest BCUT2D eigenvalue weighted by molar-refractivity contribution is 6.30. The molecule has 0 unspecified atom stereocenters. The molecule has 0 aliphatic heterocycles. The molecule has 1 aliphatic carbocycles. The number of benzene rings is 1. The zero-order valence-corrected chi connectivity index (χ0v) is 15.1. The Morgan fingerprint density at radius 2 is 1.87 bits per heavy atom. The van der Waals surface area contributed by atoms with E-state index < -0.39 is 0 Å². The summed E-state index contributed by atoms with van der Waals surface area (Å²) in [5.74, 6) is 0.0351. The summed E-state index contributed by atoms with van der Waals surface area (Å²) in [6.07, 6.45) is 5.48. The molecule has 130 valence electrons. The number of hydrogen-bond donors (Lipinski definition) is 2. The number of methoxy groups -OCH3 is 1. The van der Waals surface area contributed by atoms with Crippen LogP contribution in [0.5, 0.6) is 0 Å². The fourth-order valence-corrected chi connectivity index (χ4v) is 3.22. The lowest BCUT2D eigenvalue weighted by atomic mass is 9.76. The van der Waals surface area contributed by atoms with Crippen molar-refractivity contribution < 1.29 is 9.53 Å². The largest absolute Gasteiger partial charge is 0.383 e. The molecule has 1 saturated carbocycles. The third-order valence-corrected chi connectivity index (χ3v) is 4.50. The molecule has 1 aromatic rings. The molecule has 2 N–H and O–H groups in total. The molecule has 0 saturated heterocycles. The van der Waals surface area contributed by atoms with Crippen LogP contribution in [0.25, 0.3) is 0 Å². The van der Waals surface area contributed by atoms with Crippen molar-refractivity contribution in [3.8, 4) is 0 Å². The minimum absolute atomic E-state index is 0. The Morgan fingerprint density at radius 3 is 2.48 bits per heavy atom. The molecule has 1 aliphatic rings. The number of rotatable bonds is 7. The van der Waals surface area contributed by atoms with Gasteiger partial charge in [-0.2, -0.15) is 0 Å². The molecule has 1 aromatic carbocycles. The molecule has 6 heteroatoms. The molecule has 0 spiro atoms. The van der Waals surface area contributed by atoms with Crippen molar-refractivity contribution in [1.29, 1.82) is 0 Å². The molecule has 4 nitrogen and oxygen atoms in total. The summed E-state index contributed by atoms with van der Waals surface area (Å²) in [5, 5.41) is 7.08. The van der Waals surface area contributed by atoms with Gasteiger partial charge in [-0.1, -0.05) is 43.0 Å². The van der Waals surface area contributed by atoms with E-state index in [9.17, 15) is 4.79 Å². The van der Waals surface area contributed by atoms with E-state index in [-0.39, 0.29) is 23.9 Å². The van der Waals surface area contributed by atoms with Crippen molar-refractivity contribution in [2.24, 2.45) is 0 Å². The van der Waals surface area contributed by atoms with E-state index in [1.807, 2.05) is 24.3 Å². The van der Waals surface area contributed by atoms with Gasteiger partial charge in [0.25, 0.3) is 0 Å². The fraction of sp³-hybridized carbons (Fsp3) is 0.588. The van der Waals surface area contributed by atoms with Crippen LogP contribution in [0.2, 0.25) is 5.02 Å². The van der Waals surface area contributed by atoms with Crippen LogP contribution in [-0.4, -0.2) is 32.7 Å². The van der Waals surface area contributed by atoms with Crippen LogP contribution in [0, 0.1) is 0 Å². The van der Waals surface area contributed by atoms with E-state index in [1.54, 1.807) is 7.11 Å². The molecule has 2 rings (SSSR count). The predicted molar refractivity (Wildman–Crippen MR) is 96.4 cm³/mol. The zero-order chi connectivity index (χ0) is 15.8. The summed E-state index contributed by atoms with van der Waals surface area (Å²) >= 11 is 5.99. The average Bonchev–Trinajstić information content (AvgIpc) is 2.53. The maximum atomic E-state index is 12.3. The van der Waals surface area contributed by atoms with Gasteiger partial charge in [0.2, 0.25) is 5.91 Å². The topological polar surface area (TPSA) is 50.4 Å². The van der Waals surface area contributed by atoms with E-state index in [0.717, 1.165) is 36.3 Å². The first-order valence-corrected chi connectivity index (χ1v) is 8.31. The molecule has 23 heavy (non-hydrogen) atoms. The second kappa shape index (κ2) is 10.1. The fourth-order valence-electron chi connectivity index (χ4n) is 3.10. The third-order valence-electron chi connectivity index (χ3n) is 4.25. The molecule has 0 radical (unpaired) electrons. The average molecular weight is 361 g/mol. The maximum Gasteiger partial charge on any atom is 0.234 e. The van der Waals surface area contributed by atoms with Crippen molar-refractivity contribution >= 4 is 29.9 Å². The number of halogens is 2. The van der Waals surface area contributed by atoms with Crippen LogP contribution in [0.1, 0.15) is 37.7 Å². The monoisotopic (exact) mass is 360 g/mol. The van der Waals surface area contributed by atoms with Crippen molar-refractivity contribution in [3.63, 3.8) is 0 Å². The Kier molecular flexibility index (Phi) is 8.92. The molecular weight excluding hydrogens is 335 g/mol. The highest BCUT2D eigenvalue weighted by atomic mass is 35.5. The zero-order valence-electron chi connectivity index (χ0n) is 13.6. The first-order chi connectivity index (χ1) is 10.7. The van der Waals surface area contributed by atoms with E-state index in [0.29, 0.717) is 19.7 Å². The Labute approximate surface area is 149 Å². The Hall–Kier alpha value is -0.810. The molecular formula is C17H26Cl2N2O2. The van der Waals surface area contributed by atoms with Crippen LogP contribution in [0.4, 0.5) is 0 Å². The van der Waals surface area contributed by atoms with Crippen molar-refractivity contribution in [3.05, 3.63) is 34.9 Å². The summed E-state index contributed by atoms with van der Waals surface area (Å²) in [6, 6.07) is 7.87. The number of carbonyl (C=O) groups is 1. The van der Waals surface area contributed by atoms with Gasteiger partial charge in [0.1, 0.15) is 0 Å².